The monoisotopic (exact) mass is 453 g/mol. The smallest absolute Gasteiger partial charge is 0.227 e. The number of nitrogens with one attached hydrogen (secondary N) is 2. The van der Waals surface area contributed by atoms with E-state index in [-0.39, 0.29) is 23.5 Å². The zero-order chi connectivity index (χ0) is 23.2. The second-order valence-corrected chi connectivity index (χ2v) is 9.39. The van der Waals surface area contributed by atoms with Crippen LogP contribution in [0.25, 0.3) is 0 Å². The first-order chi connectivity index (χ1) is 16.0. The van der Waals surface area contributed by atoms with Gasteiger partial charge in [-0.25, -0.2) is 4.39 Å². The fraction of sp³-hybridized carbons (Fsp3) is 0.519. The predicted molar refractivity (Wildman–Crippen MR) is 129 cm³/mol. The molecule has 1 aliphatic heterocycles. The van der Waals surface area contributed by atoms with Crippen molar-refractivity contribution in [2.45, 2.75) is 57.0 Å². The summed E-state index contributed by atoms with van der Waals surface area (Å²) in [6.45, 7) is 5.65. The molecule has 2 fully saturated rings. The number of rotatable bonds is 7. The van der Waals surface area contributed by atoms with Gasteiger partial charge in [-0.15, -0.1) is 0 Å². The van der Waals surface area contributed by atoms with E-state index in [4.69, 9.17) is 4.74 Å². The highest BCUT2D eigenvalue weighted by molar-refractivity contribution is 5.78. The summed E-state index contributed by atoms with van der Waals surface area (Å²) in [7, 11) is 1.50. The highest BCUT2D eigenvalue weighted by Crippen LogP contribution is 2.36. The van der Waals surface area contributed by atoms with Crippen molar-refractivity contribution < 1.29 is 13.9 Å². The van der Waals surface area contributed by atoms with Gasteiger partial charge in [-0.1, -0.05) is 30.3 Å². The number of methoxy groups -OCH3 is 1. The van der Waals surface area contributed by atoms with E-state index in [9.17, 15) is 9.18 Å². The highest BCUT2D eigenvalue weighted by Gasteiger charge is 2.27. The molecule has 5 nitrogen and oxygen atoms in total. The van der Waals surface area contributed by atoms with E-state index in [0.717, 1.165) is 63.0 Å². The van der Waals surface area contributed by atoms with Crippen LogP contribution in [0, 0.1) is 5.82 Å². The Bertz CT molecular complexity index is 925. The van der Waals surface area contributed by atoms with Gasteiger partial charge in [-0.3, -0.25) is 4.79 Å². The minimum absolute atomic E-state index is 0.130. The number of ether oxygens (including phenoxy) is 1. The second kappa shape index (κ2) is 11.1. The lowest BCUT2D eigenvalue weighted by Gasteiger charge is -2.21. The first kappa shape index (κ1) is 23.7. The molecule has 0 radical (unpaired) electrons. The molecule has 2 N–H and O–H groups in total. The molecule has 2 aromatic rings. The summed E-state index contributed by atoms with van der Waals surface area (Å²) >= 11 is 0. The maximum absolute atomic E-state index is 13.7. The third-order valence-electron chi connectivity index (χ3n) is 7.09. The lowest BCUT2D eigenvalue weighted by Crippen LogP contribution is -2.35. The van der Waals surface area contributed by atoms with Gasteiger partial charge in [0.15, 0.2) is 11.6 Å². The fourth-order valence-corrected chi connectivity index (χ4v) is 5.12. The summed E-state index contributed by atoms with van der Waals surface area (Å²) in [4.78, 5) is 14.6. The van der Waals surface area contributed by atoms with Gasteiger partial charge in [0, 0.05) is 31.7 Å². The van der Waals surface area contributed by atoms with E-state index >= 15 is 0 Å². The fourth-order valence-electron chi connectivity index (χ4n) is 5.12. The molecule has 0 unspecified atom stereocenters. The third kappa shape index (κ3) is 6.12. The first-order valence-electron chi connectivity index (χ1n) is 12.2. The second-order valence-electron chi connectivity index (χ2n) is 9.39. The van der Waals surface area contributed by atoms with Gasteiger partial charge in [0.25, 0.3) is 0 Å². The molecule has 178 valence electrons. The van der Waals surface area contributed by atoms with Crippen LogP contribution in [-0.4, -0.2) is 50.1 Å². The normalized spacial score (nSPS) is 22.1. The van der Waals surface area contributed by atoms with Crippen molar-refractivity contribution in [3.63, 3.8) is 0 Å². The molecule has 0 spiro atoms. The topological polar surface area (TPSA) is 53.6 Å². The zero-order valence-electron chi connectivity index (χ0n) is 19.8. The molecule has 33 heavy (non-hydrogen) atoms. The van der Waals surface area contributed by atoms with Crippen LogP contribution in [0.1, 0.15) is 61.3 Å². The van der Waals surface area contributed by atoms with Gasteiger partial charge in [0.2, 0.25) is 5.91 Å². The molecule has 4 rings (SSSR count). The Morgan fingerprint density at radius 1 is 1.18 bits per heavy atom. The van der Waals surface area contributed by atoms with Crippen LogP contribution in [-0.2, 0) is 11.2 Å². The maximum Gasteiger partial charge on any atom is 0.227 e. The van der Waals surface area contributed by atoms with Gasteiger partial charge in [-0.05, 0) is 73.9 Å². The Morgan fingerprint density at radius 3 is 2.79 bits per heavy atom. The molecule has 1 heterocycles. The standard InChI is InChI=1S/C27H36FN3O2/c1-19(22-9-11-25(28)26(18-22)33-2)30-24-10-8-23(17-24)21-6-4-20(5-7-21)16-27(32)31-14-3-12-29-13-15-31/h4-7,9,11,18-19,23-24,29-30H,3,8,10,12-17H2,1-2H3/t19-,23-,24+/m1/s1. The van der Waals surface area contributed by atoms with Gasteiger partial charge >= 0.3 is 0 Å². The summed E-state index contributed by atoms with van der Waals surface area (Å²) in [5, 5.41) is 7.06. The van der Waals surface area contributed by atoms with Gasteiger partial charge in [-0.2, -0.15) is 0 Å². The van der Waals surface area contributed by atoms with E-state index in [0.29, 0.717) is 18.4 Å². The lowest BCUT2D eigenvalue weighted by molar-refractivity contribution is -0.130. The average Bonchev–Trinajstić information content (AvgIpc) is 3.11. The summed E-state index contributed by atoms with van der Waals surface area (Å²) < 4.78 is 18.8. The first-order valence-corrected chi connectivity index (χ1v) is 12.2. The number of benzene rings is 2. The van der Waals surface area contributed by atoms with Crippen LogP contribution in [0.4, 0.5) is 4.39 Å². The largest absolute Gasteiger partial charge is 0.494 e. The number of nitrogens with zero attached hydrogens (tertiary/aromatic N) is 1. The van der Waals surface area contributed by atoms with E-state index in [2.05, 4.69) is 41.8 Å². The molecule has 1 aliphatic carbocycles. The Balaban J connectivity index is 1.29. The number of carbonyl (C=O) groups is 1. The number of carbonyl (C=O) groups excluding carboxylic acids is 1. The van der Waals surface area contributed by atoms with Crippen LogP contribution in [0.2, 0.25) is 0 Å². The van der Waals surface area contributed by atoms with Crippen molar-refractivity contribution in [1.29, 1.82) is 0 Å². The van der Waals surface area contributed by atoms with E-state index in [1.54, 1.807) is 6.07 Å². The minimum atomic E-state index is -0.331. The van der Waals surface area contributed by atoms with Crippen molar-refractivity contribution in [1.82, 2.24) is 15.5 Å². The molecule has 0 bridgehead atoms. The molecule has 3 atom stereocenters. The van der Waals surface area contributed by atoms with Gasteiger partial charge in [0.05, 0.1) is 13.5 Å². The molecule has 2 aromatic carbocycles. The van der Waals surface area contributed by atoms with Crippen LogP contribution in [0.15, 0.2) is 42.5 Å². The molecule has 1 saturated carbocycles. The van der Waals surface area contributed by atoms with Crippen molar-refractivity contribution in [3.05, 3.63) is 65.0 Å². The molecule has 0 aromatic heterocycles. The molecule has 1 saturated heterocycles. The number of amides is 1. The SMILES string of the molecule is COc1cc([C@@H](C)N[C@H]2CC[C@@H](c3ccc(CC(=O)N4CCCNCC4)cc3)C2)ccc1F. The average molecular weight is 454 g/mol. The highest BCUT2D eigenvalue weighted by atomic mass is 19.1. The van der Waals surface area contributed by atoms with Crippen molar-refractivity contribution in [3.8, 4) is 5.75 Å². The van der Waals surface area contributed by atoms with E-state index in [1.165, 1.54) is 18.7 Å². The van der Waals surface area contributed by atoms with Crippen LogP contribution in [0.3, 0.4) is 0 Å². The zero-order valence-corrected chi connectivity index (χ0v) is 19.8. The van der Waals surface area contributed by atoms with Crippen molar-refractivity contribution in [2.75, 3.05) is 33.3 Å². The molecular formula is C27H36FN3O2. The summed E-state index contributed by atoms with van der Waals surface area (Å²) in [6.07, 6.45) is 4.86. The molecular weight excluding hydrogens is 417 g/mol. The Labute approximate surface area is 196 Å². The number of halogens is 1. The Hall–Kier alpha value is -2.44. The van der Waals surface area contributed by atoms with Crippen molar-refractivity contribution >= 4 is 5.91 Å². The third-order valence-corrected chi connectivity index (χ3v) is 7.09. The van der Waals surface area contributed by atoms with Gasteiger partial charge in [0.1, 0.15) is 0 Å². The lowest BCUT2D eigenvalue weighted by atomic mass is 9.95. The summed E-state index contributed by atoms with van der Waals surface area (Å²) in [5.41, 5.74) is 3.48. The maximum atomic E-state index is 13.7. The number of hydrogen-bond donors (Lipinski definition) is 2. The Kier molecular flexibility index (Phi) is 7.99. The summed E-state index contributed by atoms with van der Waals surface area (Å²) in [6, 6.07) is 14.3. The van der Waals surface area contributed by atoms with Crippen molar-refractivity contribution in [2.24, 2.45) is 0 Å². The Morgan fingerprint density at radius 2 is 2.00 bits per heavy atom. The van der Waals surface area contributed by atoms with Gasteiger partial charge < -0.3 is 20.3 Å². The predicted octanol–water partition coefficient (Wildman–Crippen LogP) is 4.19. The molecule has 2 aliphatic rings. The summed E-state index contributed by atoms with van der Waals surface area (Å²) in [5.74, 6) is 0.710. The van der Waals surface area contributed by atoms with Crippen LogP contribution < -0.4 is 15.4 Å². The quantitative estimate of drug-likeness (QED) is 0.660. The van der Waals surface area contributed by atoms with Crippen LogP contribution >= 0.6 is 0 Å². The van der Waals surface area contributed by atoms with E-state index in [1.807, 2.05) is 11.0 Å². The minimum Gasteiger partial charge on any atom is -0.494 e. The van der Waals surface area contributed by atoms with Crippen LogP contribution in [0.5, 0.6) is 5.75 Å². The van der Waals surface area contributed by atoms with E-state index < -0.39 is 0 Å². The molecule has 6 heteroatoms. The number of hydrogen-bond acceptors (Lipinski definition) is 4. The molecule has 1 amide bonds.